The van der Waals surface area contributed by atoms with Gasteiger partial charge in [0.1, 0.15) is 0 Å². The number of nitrogens with zero attached hydrogens (tertiary/aromatic N) is 3. The minimum Gasteiger partial charge on any atom is -0.264 e. The van der Waals surface area contributed by atoms with Gasteiger partial charge in [0.15, 0.2) is 0 Å². The molecule has 3 aromatic heterocycles. The highest BCUT2D eigenvalue weighted by Crippen LogP contribution is 2.56. The number of rotatable bonds is 4. The van der Waals surface area contributed by atoms with E-state index in [4.69, 9.17) is 9.97 Å². The van der Waals surface area contributed by atoms with Crippen LogP contribution in [0.2, 0.25) is 0 Å². The van der Waals surface area contributed by atoms with Crippen molar-refractivity contribution < 1.29 is 0 Å². The smallest absolute Gasteiger partial charge is 0.0972 e. The summed E-state index contributed by atoms with van der Waals surface area (Å²) in [6, 6.07) is 58.6. The highest BCUT2D eigenvalue weighted by atomic mass is 14.8. The fraction of sp³-hybridized carbons (Fsp3) is 0.0217. The number of hydrogen-bond donors (Lipinski definition) is 0. The molecular weight excluding hydrogens is 595 g/mol. The lowest BCUT2D eigenvalue weighted by atomic mass is 9.68. The molecule has 49 heavy (non-hydrogen) atoms. The second kappa shape index (κ2) is 10.8. The summed E-state index contributed by atoms with van der Waals surface area (Å²) in [6.45, 7) is 0. The first-order valence-corrected chi connectivity index (χ1v) is 16.7. The Morgan fingerprint density at radius 2 is 0.980 bits per heavy atom. The second-order valence-corrected chi connectivity index (χ2v) is 12.8. The Bertz CT molecular complexity index is 2680. The van der Waals surface area contributed by atoms with Crippen molar-refractivity contribution in [3.05, 3.63) is 198 Å². The van der Waals surface area contributed by atoms with Crippen LogP contribution >= 0.6 is 0 Å². The topological polar surface area (TPSA) is 38.7 Å². The summed E-state index contributed by atoms with van der Waals surface area (Å²) in [6.07, 6.45) is 3.87. The molecule has 3 nitrogen and oxygen atoms in total. The quantitative estimate of drug-likeness (QED) is 0.183. The van der Waals surface area contributed by atoms with Gasteiger partial charge in [-0.3, -0.25) is 4.98 Å². The average Bonchev–Trinajstić information content (AvgIpc) is 3.48. The lowest BCUT2D eigenvalue weighted by Crippen LogP contribution is -2.28. The number of aromatic nitrogens is 3. The maximum Gasteiger partial charge on any atom is 0.0972 e. The zero-order valence-corrected chi connectivity index (χ0v) is 26.6. The molecule has 3 heteroatoms. The molecule has 3 heterocycles. The molecule has 0 fully saturated rings. The lowest BCUT2D eigenvalue weighted by molar-refractivity contribution is 0.763. The fourth-order valence-corrected chi connectivity index (χ4v) is 7.94. The van der Waals surface area contributed by atoms with E-state index in [-0.39, 0.29) is 0 Å². The second-order valence-electron chi connectivity index (χ2n) is 12.8. The van der Waals surface area contributed by atoms with E-state index >= 15 is 0 Å². The molecule has 1 aliphatic rings. The highest BCUT2D eigenvalue weighted by molar-refractivity contribution is 6.04. The maximum atomic E-state index is 5.35. The van der Waals surface area contributed by atoms with E-state index < -0.39 is 5.41 Å². The molecule has 0 spiro atoms. The Labute approximate surface area is 284 Å². The normalized spacial score (nSPS) is 15.0. The first-order chi connectivity index (χ1) is 24.3. The number of hydrogen-bond acceptors (Lipinski definition) is 3. The third-order valence-electron chi connectivity index (χ3n) is 10.2. The number of fused-ring (bicyclic) bond motifs is 7. The van der Waals surface area contributed by atoms with Gasteiger partial charge >= 0.3 is 0 Å². The summed E-state index contributed by atoms with van der Waals surface area (Å²) < 4.78 is 0. The van der Waals surface area contributed by atoms with Crippen LogP contribution in [0.4, 0.5) is 0 Å². The van der Waals surface area contributed by atoms with Crippen LogP contribution in [0, 0.1) is 0 Å². The van der Waals surface area contributed by atoms with Crippen LogP contribution < -0.4 is 0 Å². The largest absolute Gasteiger partial charge is 0.264 e. The molecule has 0 saturated carbocycles. The number of pyridine rings is 3. The first kappa shape index (κ1) is 27.6. The van der Waals surface area contributed by atoms with Crippen LogP contribution in [0.15, 0.2) is 176 Å². The van der Waals surface area contributed by atoms with Gasteiger partial charge in [-0.05, 0) is 74.5 Å². The van der Waals surface area contributed by atoms with E-state index in [9.17, 15) is 0 Å². The maximum absolute atomic E-state index is 5.35. The Morgan fingerprint density at radius 3 is 1.73 bits per heavy atom. The van der Waals surface area contributed by atoms with E-state index in [1.54, 1.807) is 0 Å². The summed E-state index contributed by atoms with van der Waals surface area (Å²) in [5.41, 5.74) is 12.7. The molecule has 1 unspecified atom stereocenters. The SMILES string of the molecule is c1ccc(C2(c3cccnc3)c3ccccc3-c3ccc(-c4ccc5ccc6ccc(-c7ccc8ccccc8c7)nc6c5n4)cc32)cc1. The Kier molecular flexibility index (Phi) is 6.09. The fourth-order valence-electron chi connectivity index (χ4n) is 7.94. The van der Waals surface area contributed by atoms with Crippen LogP contribution in [-0.4, -0.2) is 15.0 Å². The van der Waals surface area contributed by atoms with Crippen LogP contribution in [0.5, 0.6) is 0 Å². The minimum absolute atomic E-state index is 0.517. The van der Waals surface area contributed by atoms with Crippen molar-refractivity contribution in [3.63, 3.8) is 0 Å². The number of benzene rings is 6. The van der Waals surface area contributed by atoms with E-state index in [1.807, 2.05) is 18.5 Å². The van der Waals surface area contributed by atoms with Crippen molar-refractivity contribution in [2.24, 2.45) is 0 Å². The van der Waals surface area contributed by atoms with Gasteiger partial charge in [-0.25, -0.2) is 9.97 Å². The molecule has 10 rings (SSSR count). The molecule has 0 aliphatic heterocycles. The van der Waals surface area contributed by atoms with Crippen LogP contribution in [0.1, 0.15) is 22.3 Å². The van der Waals surface area contributed by atoms with E-state index in [2.05, 4.69) is 163 Å². The molecule has 0 radical (unpaired) electrons. The zero-order chi connectivity index (χ0) is 32.4. The third-order valence-corrected chi connectivity index (χ3v) is 10.2. The van der Waals surface area contributed by atoms with Crippen molar-refractivity contribution in [2.45, 2.75) is 5.41 Å². The molecule has 0 saturated heterocycles. The summed E-state index contributed by atoms with van der Waals surface area (Å²) in [5, 5.41) is 4.57. The van der Waals surface area contributed by atoms with E-state index in [1.165, 1.54) is 38.6 Å². The summed E-state index contributed by atoms with van der Waals surface area (Å²) in [4.78, 5) is 15.2. The van der Waals surface area contributed by atoms with Gasteiger partial charge in [0, 0.05) is 34.3 Å². The molecule has 228 valence electrons. The van der Waals surface area contributed by atoms with Crippen molar-refractivity contribution >= 4 is 32.6 Å². The summed E-state index contributed by atoms with van der Waals surface area (Å²) in [7, 11) is 0. The van der Waals surface area contributed by atoms with Crippen molar-refractivity contribution in [1.29, 1.82) is 0 Å². The molecule has 6 aromatic carbocycles. The minimum atomic E-state index is -0.517. The molecule has 9 aromatic rings. The molecule has 0 N–H and O–H groups in total. The van der Waals surface area contributed by atoms with Gasteiger partial charge in [0.2, 0.25) is 0 Å². The van der Waals surface area contributed by atoms with Crippen molar-refractivity contribution in [1.82, 2.24) is 15.0 Å². The van der Waals surface area contributed by atoms with Gasteiger partial charge in [-0.2, -0.15) is 0 Å². The molecule has 0 bridgehead atoms. The Morgan fingerprint density at radius 1 is 0.388 bits per heavy atom. The van der Waals surface area contributed by atoms with Gasteiger partial charge in [0.05, 0.1) is 27.8 Å². The Balaban J connectivity index is 1.17. The predicted molar refractivity (Wildman–Crippen MR) is 201 cm³/mol. The van der Waals surface area contributed by atoms with Crippen LogP contribution in [0.3, 0.4) is 0 Å². The van der Waals surface area contributed by atoms with Crippen molar-refractivity contribution in [2.75, 3.05) is 0 Å². The van der Waals surface area contributed by atoms with Crippen LogP contribution in [0.25, 0.3) is 66.2 Å². The van der Waals surface area contributed by atoms with Crippen LogP contribution in [-0.2, 0) is 5.41 Å². The van der Waals surface area contributed by atoms with Gasteiger partial charge in [0.25, 0.3) is 0 Å². The van der Waals surface area contributed by atoms with Crippen molar-refractivity contribution in [3.8, 4) is 33.6 Å². The monoisotopic (exact) mass is 623 g/mol. The molecule has 1 aliphatic carbocycles. The average molecular weight is 624 g/mol. The summed E-state index contributed by atoms with van der Waals surface area (Å²) in [5.74, 6) is 0. The predicted octanol–water partition coefficient (Wildman–Crippen LogP) is 11.0. The molecule has 1 atom stereocenters. The standard InChI is InChI=1S/C46H29N3/c1-2-11-36(12-3-1)46(37-13-8-26-47-29-37)40-15-7-6-14-38(40)39-23-20-35(28-41(39)46)43-25-22-32-18-17-31-21-24-42(48-44(31)45(32)49-43)34-19-16-30-9-4-5-10-33(30)27-34/h1-29H. The van der Waals surface area contributed by atoms with Gasteiger partial charge in [-0.15, -0.1) is 0 Å². The van der Waals surface area contributed by atoms with E-state index in [0.29, 0.717) is 0 Å². The van der Waals surface area contributed by atoms with Gasteiger partial charge < -0.3 is 0 Å². The first-order valence-electron chi connectivity index (χ1n) is 16.7. The molecule has 0 amide bonds. The zero-order valence-electron chi connectivity index (χ0n) is 26.6. The van der Waals surface area contributed by atoms with Gasteiger partial charge in [-0.1, -0.05) is 133 Å². The molecular formula is C46H29N3. The van der Waals surface area contributed by atoms with E-state index in [0.717, 1.165) is 49.9 Å². The lowest BCUT2D eigenvalue weighted by Gasteiger charge is -2.33. The third kappa shape index (κ3) is 4.19. The Hall–Kier alpha value is -6.45. The summed E-state index contributed by atoms with van der Waals surface area (Å²) >= 11 is 0. The highest BCUT2D eigenvalue weighted by Gasteiger charge is 2.46.